The first-order valence-electron chi connectivity index (χ1n) is 10.8. The van der Waals surface area contributed by atoms with Crippen molar-refractivity contribution in [3.8, 4) is 0 Å². The van der Waals surface area contributed by atoms with E-state index in [1.165, 1.54) is 0 Å². The molecular weight excluding hydrogens is 398 g/mol. The lowest BCUT2D eigenvalue weighted by Crippen LogP contribution is -2.13. The van der Waals surface area contributed by atoms with Gasteiger partial charge in [0.25, 0.3) is 0 Å². The van der Waals surface area contributed by atoms with E-state index in [1.807, 2.05) is 66.7 Å². The molecule has 0 fully saturated rings. The lowest BCUT2D eigenvalue weighted by molar-refractivity contribution is -0.116. The van der Waals surface area contributed by atoms with Gasteiger partial charge in [0.1, 0.15) is 0 Å². The van der Waals surface area contributed by atoms with E-state index in [2.05, 4.69) is 17.2 Å². The summed E-state index contributed by atoms with van der Waals surface area (Å²) in [4.78, 5) is 24.2. The van der Waals surface area contributed by atoms with Crippen LogP contribution in [0.25, 0.3) is 5.57 Å². The highest BCUT2D eigenvalue weighted by Crippen LogP contribution is 2.23. The van der Waals surface area contributed by atoms with Crippen LogP contribution in [0.5, 0.6) is 0 Å². The van der Waals surface area contributed by atoms with Crippen LogP contribution in [0.1, 0.15) is 43.2 Å². The van der Waals surface area contributed by atoms with Crippen molar-refractivity contribution in [2.45, 2.75) is 32.1 Å². The van der Waals surface area contributed by atoms with Crippen LogP contribution in [0.4, 0.5) is 17.1 Å². The van der Waals surface area contributed by atoms with Crippen molar-refractivity contribution in [2.24, 2.45) is 0 Å². The monoisotopic (exact) mass is 427 g/mol. The lowest BCUT2D eigenvalue weighted by Gasteiger charge is -2.09. The highest BCUT2D eigenvalue weighted by atomic mass is 16.2. The molecule has 3 rings (SSSR count). The molecule has 0 saturated carbocycles. The summed E-state index contributed by atoms with van der Waals surface area (Å²) >= 11 is 0. The average Bonchev–Trinajstić information content (AvgIpc) is 2.81. The number of hydrogen-bond acceptors (Lipinski definition) is 3. The molecular formula is C27H29N3O2. The second-order valence-electron chi connectivity index (χ2n) is 7.67. The van der Waals surface area contributed by atoms with Gasteiger partial charge in [0.15, 0.2) is 0 Å². The van der Waals surface area contributed by atoms with Gasteiger partial charge in [-0.05, 0) is 53.8 Å². The number of benzene rings is 3. The Morgan fingerprint density at radius 2 is 1.25 bits per heavy atom. The van der Waals surface area contributed by atoms with Crippen LogP contribution in [0.3, 0.4) is 0 Å². The fraction of sp³-hybridized carbons (Fsp3) is 0.185. The van der Waals surface area contributed by atoms with Crippen LogP contribution in [-0.4, -0.2) is 11.8 Å². The number of carbonyl (C=O) groups is 2. The molecule has 4 N–H and O–H groups in total. The molecule has 0 aliphatic heterocycles. The standard InChI is InChI=1S/C27H29N3O2/c1-20(21-10-4-2-5-11-21)22-16-18-23(19-17-22)29-26(31)14-6-3-7-15-27(32)30-25-13-9-8-12-24(25)28/h2,4-5,8-13,16-19H,1,3,6-7,14-15,28H2,(H,29,31)(H,30,32). The number of amides is 2. The Hall–Kier alpha value is -3.86. The highest BCUT2D eigenvalue weighted by Gasteiger charge is 2.07. The van der Waals surface area contributed by atoms with Crippen LogP contribution in [0.15, 0.2) is 85.4 Å². The van der Waals surface area contributed by atoms with Crippen molar-refractivity contribution >= 4 is 34.4 Å². The number of nitrogen functional groups attached to an aromatic ring is 1. The highest BCUT2D eigenvalue weighted by molar-refractivity contribution is 5.93. The van der Waals surface area contributed by atoms with E-state index in [0.29, 0.717) is 24.2 Å². The van der Waals surface area contributed by atoms with Crippen LogP contribution in [0, 0.1) is 0 Å². The van der Waals surface area contributed by atoms with E-state index in [-0.39, 0.29) is 11.8 Å². The molecule has 2 amide bonds. The van der Waals surface area contributed by atoms with Crippen LogP contribution < -0.4 is 16.4 Å². The summed E-state index contributed by atoms with van der Waals surface area (Å²) in [5, 5.41) is 5.74. The number of hydrogen-bond donors (Lipinski definition) is 3. The van der Waals surface area contributed by atoms with Gasteiger partial charge in [0.2, 0.25) is 11.8 Å². The molecule has 0 spiro atoms. The Bertz CT molecular complexity index is 1060. The maximum Gasteiger partial charge on any atom is 0.224 e. The Morgan fingerprint density at radius 1 is 0.688 bits per heavy atom. The third kappa shape index (κ3) is 6.84. The maximum atomic E-state index is 12.2. The minimum atomic E-state index is -0.0652. The third-order valence-electron chi connectivity index (χ3n) is 5.18. The van der Waals surface area contributed by atoms with E-state index in [9.17, 15) is 9.59 Å². The molecule has 0 aliphatic rings. The lowest BCUT2D eigenvalue weighted by atomic mass is 9.99. The first-order chi connectivity index (χ1) is 15.5. The van der Waals surface area contributed by atoms with Gasteiger partial charge >= 0.3 is 0 Å². The predicted octanol–water partition coefficient (Wildman–Crippen LogP) is 5.86. The summed E-state index contributed by atoms with van der Waals surface area (Å²) in [5.41, 5.74) is 10.8. The molecule has 3 aromatic rings. The Morgan fingerprint density at radius 3 is 1.91 bits per heavy atom. The number of nitrogens with two attached hydrogens (primary N) is 1. The molecule has 0 atom stereocenters. The molecule has 0 saturated heterocycles. The SMILES string of the molecule is C=C(c1ccccc1)c1ccc(NC(=O)CCCCCC(=O)Nc2ccccc2N)cc1. The largest absolute Gasteiger partial charge is 0.397 e. The van der Waals surface area contributed by atoms with Gasteiger partial charge in [-0.15, -0.1) is 0 Å². The van der Waals surface area contributed by atoms with Crippen LogP contribution >= 0.6 is 0 Å². The van der Waals surface area contributed by atoms with Crippen LogP contribution in [-0.2, 0) is 9.59 Å². The van der Waals surface area contributed by atoms with Gasteiger partial charge in [0.05, 0.1) is 11.4 Å². The van der Waals surface area contributed by atoms with Crippen molar-refractivity contribution in [1.29, 1.82) is 0 Å². The fourth-order valence-electron chi connectivity index (χ4n) is 3.36. The van der Waals surface area contributed by atoms with Crippen molar-refractivity contribution in [1.82, 2.24) is 0 Å². The van der Waals surface area contributed by atoms with E-state index in [0.717, 1.165) is 41.6 Å². The molecule has 5 heteroatoms. The molecule has 0 bridgehead atoms. The van der Waals surface area contributed by atoms with Gasteiger partial charge < -0.3 is 16.4 Å². The minimum Gasteiger partial charge on any atom is -0.397 e. The van der Waals surface area contributed by atoms with E-state index in [4.69, 9.17) is 5.73 Å². The fourth-order valence-corrected chi connectivity index (χ4v) is 3.36. The molecule has 164 valence electrons. The molecule has 5 nitrogen and oxygen atoms in total. The van der Waals surface area contributed by atoms with Gasteiger partial charge in [-0.2, -0.15) is 0 Å². The third-order valence-corrected chi connectivity index (χ3v) is 5.18. The molecule has 0 unspecified atom stereocenters. The molecule has 0 radical (unpaired) electrons. The number of rotatable bonds is 10. The minimum absolute atomic E-state index is 0.0267. The Labute approximate surface area is 189 Å². The second-order valence-corrected chi connectivity index (χ2v) is 7.67. The van der Waals surface area contributed by atoms with Crippen molar-refractivity contribution in [3.05, 3.63) is 96.6 Å². The predicted molar refractivity (Wildman–Crippen MR) is 132 cm³/mol. The van der Waals surface area contributed by atoms with E-state index >= 15 is 0 Å². The van der Waals surface area contributed by atoms with Gasteiger partial charge in [-0.25, -0.2) is 0 Å². The molecule has 0 aromatic heterocycles. The zero-order valence-electron chi connectivity index (χ0n) is 18.1. The normalized spacial score (nSPS) is 10.4. The number of anilines is 3. The molecule has 3 aromatic carbocycles. The summed E-state index contributed by atoms with van der Waals surface area (Å²) in [6.45, 7) is 4.16. The quantitative estimate of drug-likeness (QED) is 0.280. The Kier molecular flexibility index (Phi) is 8.21. The second kappa shape index (κ2) is 11.5. The average molecular weight is 428 g/mol. The van der Waals surface area contributed by atoms with Gasteiger partial charge in [-0.1, -0.05) is 67.6 Å². The maximum absolute atomic E-state index is 12.2. The molecule has 0 aliphatic carbocycles. The molecule has 32 heavy (non-hydrogen) atoms. The van der Waals surface area contributed by atoms with Crippen LogP contribution in [0.2, 0.25) is 0 Å². The summed E-state index contributed by atoms with van der Waals surface area (Å²) in [6.07, 6.45) is 3.09. The van der Waals surface area contributed by atoms with Crippen molar-refractivity contribution < 1.29 is 9.59 Å². The number of carbonyl (C=O) groups excluding carboxylic acids is 2. The summed E-state index contributed by atoms with van der Waals surface area (Å²) in [6, 6.07) is 24.9. The Balaban J connectivity index is 1.35. The number of para-hydroxylation sites is 2. The number of unbranched alkanes of at least 4 members (excludes halogenated alkanes) is 2. The summed E-state index contributed by atoms with van der Waals surface area (Å²) in [7, 11) is 0. The first kappa shape index (κ1) is 22.8. The van der Waals surface area contributed by atoms with Gasteiger partial charge in [-0.3, -0.25) is 9.59 Å². The summed E-state index contributed by atoms with van der Waals surface area (Å²) in [5.74, 6) is -0.0920. The molecule has 0 heterocycles. The smallest absolute Gasteiger partial charge is 0.224 e. The van der Waals surface area contributed by atoms with E-state index < -0.39 is 0 Å². The van der Waals surface area contributed by atoms with Crippen molar-refractivity contribution in [2.75, 3.05) is 16.4 Å². The first-order valence-corrected chi connectivity index (χ1v) is 10.8. The van der Waals surface area contributed by atoms with Crippen molar-refractivity contribution in [3.63, 3.8) is 0 Å². The zero-order valence-corrected chi connectivity index (χ0v) is 18.1. The van der Waals surface area contributed by atoms with Gasteiger partial charge in [0, 0.05) is 18.5 Å². The number of nitrogens with one attached hydrogen (secondary N) is 2. The summed E-state index contributed by atoms with van der Waals surface area (Å²) < 4.78 is 0. The topological polar surface area (TPSA) is 84.2 Å². The zero-order chi connectivity index (χ0) is 22.8. The van der Waals surface area contributed by atoms with E-state index in [1.54, 1.807) is 12.1 Å².